The van der Waals surface area contributed by atoms with Crippen LogP contribution in [0.25, 0.3) is 10.9 Å². The smallest absolute Gasteiger partial charge is 0.313 e. The van der Waals surface area contributed by atoms with Crippen molar-refractivity contribution in [2.24, 2.45) is 5.41 Å². The zero-order valence-electron chi connectivity index (χ0n) is 11.7. The first-order chi connectivity index (χ1) is 9.45. The van der Waals surface area contributed by atoms with Crippen LogP contribution < -0.4 is 5.32 Å². The number of rotatable bonds is 4. The fraction of sp³-hybridized carbons (Fsp3) is 0.333. The van der Waals surface area contributed by atoms with Crippen molar-refractivity contribution in [3.8, 4) is 0 Å². The van der Waals surface area contributed by atoms with Crippen LogP contribution in [-0.2, 0) is 9.53 Å². The van der Waals surface area contributed by atoms with E-state index in [1.165, 1.54) is 7.11 Å². The quantitative estimate of drug-likeness (QED) is 0.876. The van der Waals surface area contributed by atoms with Crippen molar-refractivity contribution < 1.29 is 9.53 Å². The zero-order valence-corrected chi connectivity index (χ0v) is 12.5. The Hall–Kier alpha value is -1.81. The molecular formula is C15H17ClN2O2. The summed E-state index contributed by atoms with van der Waals surface area (Å²) in [7, 11) is 1.39. The number of fused-ring (bicyclic) bond motifs is 1. The van der Waals surface area contributed by atoms with Crippen molar-refractivity contribution in [3.63, 3.8) is 0 Å². The van der Waals surface area contributed by atoms with E-state index in [1.807, 2.05) is 38.1 Å². The number of nitrogens with one attached hydrogen (secondary N) is 1. The number of methoxy groups -OCH3 is 1. The highest BCUT2D eigenvalue weighted by Gasteiger charge is 2.28. The van der Waals surface area contributed by atoms with Crippen LogP contribution in [0.5, 0.6) is 0 Å². The molecule has 0 aliphatic heterocycles. The van der Waals surface area contributed by atoms with Crippen LogP contribution in [0.4, 0.5) is 5.69 Å². The third-order valence-corrected chi connectivity index (χ3v) is 3.50. The van der Waals surface area contributed by atoms with Gasteiger partial charge in [0.2, 0.25) is 0 Å². The van der Waals surface area contributed by atoms with Crippen LogP contribution in [-0.4, -0.2) is 24.6 Å². The number of esters is 1. The largest absolute Gasteiger partial charge is 0.469 e. The Bertz CT molecular complexity index is 641. The summed E-state index contributed by atoms with van der Waals surface area (Å²) in [6, 6.07) is 7.45. The van der Waals surface area contributed by atoms with Gasteiger partial charge in [0.1, 0.15) is 0 Å². The molecule has 5 heteroatoms. The maximum atomic E-state index is 11.7. The predicted molar refractivity (Wildman–Crippen MR) is 81.0 cm³/mol. The topological polar surface area (TPSA) is 51.2 Å². The number of anilines is 1. The zero-order chi connectivity index (χ0) is 14.8. The monoisotopic (exact) mass is 292 g/mol. The first-order valence-electron chi connectivity index (χ1n) is 6.31. The van der Waals surface area contributed by atoms with E-state index in [-0.39, 0.29) is 5.97 Å². The van der Waals surface area contributed by atoms with Gasteiger partial charge in [-0.1, -0.05) is 11.6 Å². The summed E-state index contributed by atoms with van der Waals surface area (Å²) in [6.45, 7) is 4.11. The number of pyridine rings is 1. The minimum atomic E-state index is -0.616. The minimum Gasteiger partial charge on any atom is -0.469 e. The van der Waals surface area contributed by atoms with Gasteiger partial charge in [-0.25, -0.2) is 0 Å². The number of carbonyl (C=O) groups is 1. The van der Waals surface area contributed by atoms with Crippen LogP contribution in [0.2, 0.25) is 5.02 Å². The molecule has 0 amide bonds. The fourth-order valence-electron chi connectivity index (χ4n) is 1.95. The maximum absolute atomic E-state index is 11.7. The molecule has 2 aromatic rings. The molecule has 1 aromatic carbocycles. The molecule has 1 aromatic heterocycles. The second-order valence-corrected chi connectivity index (χ2v) is 5.63. The summed E-state index contributed by atoms with van der Waals surface area (Å²) in [5.74, 6) is -0.253. The standard InChI is InChI=1S/C15H17ClN2O2/c1-15(2,14(19)20-3)9-18-12-7-6-11(16)10-5-4-8-17-13(10)12/h4-8,18H,9H2,1-3H3. The molecule has 0 atom stereocenters. The summed E-state index contributed by atoms with van der Waals surface area (Å²) in [5, 5.41) is 4.79. The number of carbonyl (C=O) groups excluding carboxylic acids is 1. The fourth-order valence-corrected chi connectivity index (χ4v) is 2.16. The number of ether oxygens (including phenoxy) is 1. The van der Waals surface area contributed by atoms with Gasteiger partial charge in [-0.3, -0.25) is 9.78 Å². The van der Waals surface area contributed by atoms with Crippen molar-refractivity contribution in [1.82, 2.24) is 4.98 Å². The third kappa shape index (κ3) is 2.85. The van der Waals surface area contributed by atoms with Crippen LogP contribution in [0.1, 0.15) is 13.8 Å². The molecule has 106 valence electrons. The summed E-state index contributed by atoms with van der Waals surface area (Å²) >= 11 is 6.15. The van der Waals surface area contributed by atoms with E-state index in [1.54, 1.807) is 6.20 Å². The van der Waals surface area contributed by atoms with E-state index in [9.17, 15) is 4.79 Å². The molecular weight excluding hydrogens is 276 g/mol. The van der Waals surface area contributed by atoms with Crippen molar-refractivity contribution in [2.45, 2.75) is 13.8 Å². The number of halogens is 1. The lowest BCUT2D eigenvalue weighted by atomic mass is 9.93. The van der Waals surface area contributed by atoms with Gasteiger partial charge in [0.25, 0.3) is 0 Å². The molecule has 4 nitrogen and oxygen atoms in total. The van der Waals surface area contributed by atoms with E-state index in [0.29, 0.717) is 11.6 Å². The van der Waals surface area contributed by atoms with E-state index in [4.69, 9.17) is 16.3 Å². The van der Waals surface area contributed by atoms with Crippen LogP contribution in [0.15, 0.2) is 30.5 Å². The molecule has 0 saturated heterocycles. The number of hydrogen-bond acceptors (Lipinski definition) is 4. The minimum absolute atomic E-state index is 0.253. The van der Waals surface area contributed by atoms with Gasteiger partial charge >= 0.3 is 5.97 Å². The van der Waals surface area contributed by atoms with Crippen LogP contribution in [0.3, 0.4) is 0 Å². The van der Waals surface area contributed by atoms with E-state index in [2.05, 4.69) is 10.3 Å². The highest BCUT2D eigenvalue weighted by atomic mass is 35.5. The molecule has 0 spiro atoms. The van der Waals surface area contributed by atoms with E-state index < -0.39 is 5.41 Å². The Morgan fingerprint density at radius 1 is 1.40 bits per heavy atom. The molecule has 0 aliphatic carbocycles. The molecule has 0 unspecified atom stereocenters. The van der Waals surface area contributed by atoms with Gasteiger partial charge in [0.05, 0.1) is 28.8 Å². The number of aromatic nitrogens is 1. The van der Waals surface area contributed by atoms with Crippen molar-refractivity contribution in [3.05, 3.63) is 35.5 Å². The van der Waals surface area contributed by atoms with Gasteiger partial charge in [-0.2, -0.15) is 0 Å². The number of benzene rings is 1. The average molecular weight is 293 g/mol. The van der Waals surface area contributed by atoms with Gasteiger partial charge < -0.3 is 10.1 Å². The summed E-state index contributed by atoms with van der Waals surface area (Å²) in [5.41, 5.74) is 1.03. The second-order valence-electron chi connectivity index (χ2n) is 5.22. The lowest BCUT2D eigenvalue weighted by Gasteiger charge is -2.22. The molecule has 0 saturated carbocycles. The molecule has 0 bridgehead atoms. The molecule has 0 radical (unpaired) electrons. The predicted octanol–water partition coefficient (Wildman–Crippen LogP) is 3.50. The van der Waals surface area contributed by atoms with Crippen LogP contribution in [0, 0.1) is 5.41 Å². The summed E-state index contributed by atoms with van der Waals surface area (Å²) in [4.78, 5) is 16.0. The van der Waals surface area contributed by atoms with Crippen molar-refractivity contribution >= 4 is 34.2 Å². The first kappa shape index (κ1) is 14.6. The summed E-state index contributed by atoms with van der Waals surface area (Å²) < 4.78 is 4.79. The highest BCUT2D eigenvalue weighted by Crippen LogP contribution is 2.29. The molecule has 0 fully saturated rings. The second kappa shape index (κ2) is 5.67. The molecule has 2 rings (SSSR count). The van der Waals surface area contributed by atoms with Gasteiger partial charge in [0, 0.05) is 18.1 Å². The molecule has 20 heavy (non-hydrogen) atoms. The number of hydrogen-bond donors (Lipinski definition) is 1. The Morgan fingerprint density at radius 2 is 2.15 bits per heavy atom. The summed E-state index contributed by atoms with van der Waals surface area (Å²) in [6.07, 6.45) is 1.72. The van der Waals surface area contributed by atoms with Crippen molar-refractivity contribution in [1.29, 1.82) is 0 Å². The van der Waals surface area contributed by atoms with E-state index >= 15 is 0 Å². The van der Waals surface area contributed by atoms with Gasteiger partial charge in [-0.05, 0) is 38.1 Å². The SMILES string of the molecule is COC(=O)C(C)(C)CNc1ccc(Cl)c2cccnc12. The Labute approximate surface area is 123 Å². The van der Waals surface area contributed by atoms with Gasteiger partial charge in [0.15, 0.2) is 0 Å². The molecule has 0 aliphatic rings. The molecule has 1 heterocycles. The maximum Gasteiger partial charge on any atom is 0.313 e. The molecule has 1 N–H and O–H groups in total. The Balaban J connectivity index is 2.27. The lowest BCUT2D eigenvalue weighted by Crippen LogP contribution is -2.33. The van der Waals surface area contributed by atoms with E-state index in [0.717, 1.165) is 16.6 Å². The highest BCUT2D eigenvalue weighted by molar-refractivity contribution is 6.35. The van der Waals surface area contributed by atoms with Gasteiger partial charge in [-0.15, -0.1) is 0 Å². The third-order valence-electron chi connectivity index (χ3n) is 3.18. The average Bonchev–Trinajstić information content (AvgIpc) is 2.46. The first-order valence-corrected chi connectivity index (χ1v) is 6.69. The normalized spacial score (nSPS) is 11.4. The van der Waals surface area contributed by atoms with Crippen LogP contribution >= 0.6 is 11.6 Å². The Morgan fingerprint density at radius 3 is 2.85 bits per heavy atom. The Kier molecular flexibility index (Phi) is 4.14. The number of nitrogens with zero attached hydrogens (tertiary/aromatic N) is 1. The van der Waals surface area contributed by atoms with Crippen molar-refractivity contribution in [2.75, 3.05) is 19.0 Å². The lowest BCUT2D eigenvalue weighted by molar-refractivity contribution is -0.149.